The Labute approximate surface area is 185 Å². The number of benzene rings is 3. The predicted molar refractivity (Wildman–Crippen MR) is 128 cm³/mol. The van der Waals surface area contributed by atoms with E-state index in [1.54, 1.807) is 7.11 Å². The zero-order valence-electron chi connectivity index (χ0n) is 17.2. The molecule has 0 aliphatic carbocycles. The molecule has 6 nitrogen and oxygen atoms in total. The molecular formula is C24H22N4O2S. The lowest BCUT2D eigenvalue weighted by Gasteiger charge is -2.12. The maximum atomic E-state index is 13.2. The molecule has 156 valence electrons. The zero-order chi connectivity index (χ0) is 21.8. The van der Waals surface area contributed by atoms with Crippen LogP contribution in [0, 0.1) is 6.92 Å². The number of ether oxygens (including phenoxy) is 1. The lowest BCUT2D eigenvalue weighted by atomic mass is 10.1. The topological polar surface area (TPSA) is 67.3 Å². The van der Waals surface area contributed by atoms with Gasteiger partial charge in [-0.1, -0.05) is 36.4 Å². The highest BCUT2D eigenvalue weighted by atomic mass is 32.1. The van der Waals surface area contributed by atoms with Gasteiger partial charge in [-0.25, -0.2) is 0 Å². The van der Waals surface area contributed by atoms with Gasteiger partial charge in [-0.3, -0.25) is 15.6 Å². The monoisotopic (exact) mass is 430 g/mol. The van der Waals surface area contributed by atoms with Crippen LogP contribution in [0.2, 0.25) is 0 Å². The second kappa shape index (κ2) is 8.89. The summed E-state index contributed by atoms with van der Waals surface area (Å²) in [6.07, 6.45) is 0. The SMILES string of the molecule is COc1ccc2c(c1)c(C(=O)NNC(=S)Nc1ccccc1)c(C)n2-c1ccccc1. The van der Waals surface area contributed by atoms with Crippen molar-refractivity contribution < 1.29 is 9.53 Å². The van der Waals surface area contributed by atoms with E-state index in [0.717, 1.165) is 28.0 Å². The van der Waals surface area contributed by atoms with E-state index in [4.69, 9.17) is 17.0 Å². The fourth-order valence-electron chi connectivity index (χ4n) is 3.58. The van der Waals surface area contributed by atoms with Gasteiger partial charge in [0, 0.05) is 22.5 Å². The molecule has 0 fully saturated rings. The van der Waals surface area contributed by atoms with Crippen molar-refractivity contribution in [1.29, 1.82) is 0 Å². The molecule has 0 saturated heterocycles. The number of anilines is 1. The maximum Gasteiger partial charge on any atom is 0.272 e. The standard InChI is InChI=1S/C24H22N4O2S/c1-16-22(23(29)26-27-24(31)25-17-9-5-3-6-10-17)20-15-19(30-2)13-14-21(20)28(16)18-11-7-4-8-12-18/h3-15H,1-2H3,(H,26,29)(H2,25,27,31). The van der Waals surface area contributed by atoms with Crippen molar-refractivity contribution >= 4 is 39.8 Å². The lowest BCUT2D eigenvalue weighted by Crippen LogP contribution is -2.43. The summed E-state index contributed by atoms with van der Waals surface area (Å²) in [7, 11) is 1.61. The predicted octanol–water partition coefficient (Wildman–Crippen LogP) is 4.58. The molecule has 1 amide bonds. The van der Waals surface area contributed by atoms with E-state index in [1.807, 2.05) is 85.8 Å². The zero-order valence-corrected chi connectivity index (χ0v) is 18.0. The van der Waals surface area contributed by atoms with Crippen molar-refractivity contribution in [1.82, 2.24) is 15.4 Å². The first kappa shape index (κ1) is 20.4. The van der Waals surface area contributed by atoms with Crippen molar-refractivity contribution in [3.63, 3.8) is 0 Å². The number of aromatic nitrogens is 1. The average Bonchev–Trinajstić information content (AvgIpc) is 3.09. The minimum absolute atomic E-state index is 0.289. The molecule has 31 heavy (non-hydrogen) atoms. The Bertz CT molecular complexity index is 1240. The van der Waals surface area contributed by atoms with Crippen LogP contribution in [0.1, 0.15) is 16.1 Å². The molecule has 0 unspecified atom stereocenters. The maximum absolute atomic E-state index is 13.2. The highest BCUT2D eigenvalue weighted by Crippen LogP contribution is 2.31. The van der Waals surface area contributed by atoms with Crippen molar-refractivity contribution in [3.05, 3.63) is 90.1 Å². The number of methoxy groups -OCH3 is 1. The third-order valence-electron chi connectivity index (χ3n) is 4.97. The third kappa shape index (κ3) is 4.22. The molecule has 4 aromatic rings. The Morgan fingerprint density at radius 1 is 0.935 bits per heavy atom. The molecule has 0 radical (unpaired) electrons. The first-order valence-corrected chi connectivity index (χ1v) is 10.2. The van der Waals surface area contributed by atoms with Crippen molar-refractivity contribution in [2.45, 2.75) is 6.92 Å². The van der Waals surface area contributed by atoms with Gasteiger partial charge in [0.1, 0.15) is 5.75 Å². The van der Waals surface area contributed by atoms with Crippen LogP contribution in [0.15, 0.2) is 78.9 Å². The number of carbonyl (C=O) groups excluding carboxylic acids is 1. The summed E-state index contributed by atoms with van der Waals surface area (Å²) >= 11 is 5.29. The number of hydrogen-bond acceptors (Lipinski definition) is 3. The third-order valence-corrected chi connectivity index (χ3v) is 5.18. The molecule has 7 heteroatoms. The van der Waals surface area contributed by atoms with Gasteiger partial charge >= 0.3 is 0 Å². The van der Waals surface area contributed by atoms with E-state index < -0.39 is 0 Å². The van der Waals surface area contributed by atoms with Crippen LogP contribution in [0.5, 0.6) is 5.75 Å². The first-order valence-electron chi connectivity index (χ1n) is 9.75. The molecule has 0 spiro atoms. The van der Waals surface area contributed by atoms with Gasteiger partial charge in [0.15, 0.2) is 5.11 Å². The minimum Gasteiger partial charge on any atom is -0.497 e. The van der Waals surface area contributed by atoms with Gasteiger partial charge in [0.2, 0.25) is 0 Å². The van der Waals surface area contributed by atoms with Gasteiger partial charge in [-0.2, -0.15) is 0 Å². The molecule has 0 atom stereocenters. The van der Waals surface area contributed by atoms with E-state index in [-0.39, 0.29) is 5.91 Å². The number of amides is 1. The molecule has 0 aliphatic heterocycles. The van der Waals surface area contributed by atoms with Crippen LogP contribution < -0.4 is 20.9 Å². The molecule has 1 heterocycles. The van der Waals surface area contributed by atoms with Gasteiger partial charge < -0.3 is 14.6 Å². The smallest absolute Gasteiger partial charge is 0.272 e. The largest absolute Gasteiger partial charge is 0.497 e. The van der Waals surface area contributed by atoms with E-state index in [2.05, 4.69) is 20.7 Å². The van der Waals surface area contributed by atoms with E-state index >= 15 is 0 Å². The highest BCUT2D eigenvalue weighted by molar-refractivity contribution is 7.80. The summed E-state index contributed by atoms with van der Waals surface area (Å²) < 4.78 is 7.45. The summed E-state index contributed by atoms with van der Waals surface area (Å²) in [4.78, 5) is 13.2. The number of nitrogens with one attached hydrogen (secondary N) is 3. The van der Waals surface area contributed by atoms with Gasteiger partial charge in [-0.05, 0) is 61.6 Å². The summed E-state index contributed by atoms with van der Waals surface area (Å²) in [6, 6.07) is 25.1. The first-order chi connectivity index (χ1) is 15.1. The molecule has 4 rings (SSSR count). The summed E-state index contributed by atoms with van der Waals surface area (Å²) in [5.41, 5.74) is 9.57. The van der Waals surface area contributed by atoms with Crippen LogP contribution in [0.4, 0.5) is 5.69 Å². The number of carbonyl (C=O) groups is 1. The minimum atomic E-state index is -0.289. The van der Waals surface area contributed by atoms with E-state index in [0.29, 0.717) is 16.4 Å². The van der Waals surface area contributed by atoms with Crippen molar-refractivity contribution in [2.75, 3.05) is 12.4 Å². The van der Waals surface area contributed by atoms with Crippen LogP contribution >= 0.6 is 12.2 Å². The van der Waals surface area contributed by atoms with E-state index in [1.165, 1.54) is 0 Å². The van der Waals surface area contributed by atoms with E-state index in [9.17, 15) is 4.79 Å². The Morgan fingerprint density at radius 2 is 1.61 bits per heavy atom. The molecule has 1 aromatic heterocycles. The Morgan fingerprint density at radius 3 is 2.29 bits per heavy atom. The fourth-order valence-corrected chi connectivity index (χ4v) is 3.75. The van der Waals surface area contributed by atoms with Crippen LogP contribution in [-0.2, 0) is 0 Å². The van der Waals surface area contributed by atoms with Gasteiger partial charge in [0.05, 0.1) is 18.2 Å². The Hall–Kier alpha value is -3.84. The summed E-state index contributed by atoms with van der Waals surface area (Å²) in [5, 5.41) is 4.12. The number of para-hydroxylation sites is 2. The Balaban J connectivity index is 1.65. The molecule has 0 aliphatic rings. The second-order valence-corrected chi connectivity index (χ2v) is 7.32. The molecule has 0 bridgehead atoms. The van der Waals surface area contributed by atoms with Gasteiger partial charge in [0.25, 0.3) is 5.91 Å². The number of rotatable bonds is 4. The fraction of sp³-hybridized carbons (Fsp3) is 0.0833. The summed E-state index contributed by atoms with van der Waals surface area (Å²) in [5.74, 6) is 0.392. The lowest BCUT2D eigenvalue weighted by molar-refractivity contribution is 0.0945. The number of hydrazine groups is 1. The summed E-state index contributed by atoms with van der Waals surface area (Å²) in [6.45, 7) is 1.93. The van der Waals surface area contributed by atoms with Crippen LogP contribution in [0.3, 0.4) is 0 Å². The van der Waals surface area contributed by atoms with Crippen LogP contribution in [0.25, 0.3) is 16.6 Å². The molecular weight excluding hydrogens is 408 g/mol. The second-order valence-electron chi connectivity index (χ2n) is 6.91. The highest BCUT2D eigenvalue weighted by Gasteiger charge is 2.21. The van der Waals surface area contributed by atoms with Crippen molar-refractivity contribution in [2.24, 2.45) is 0 Å². The van der Waals surface area contributed by atoms with Crippen molar-refractivity contribution in [3.8, 4) is 11.4 Å². The van der Waals surface area contributed by atoms with Gasteiger partial charge in [-0.15, -0.1) is 0 Å². The number of hydrogen-bond donors (Lipinski definition) is 3. The molecule has 3 N–H and O–H groups in total. The number of fused-ring (bicyclic) bond motifs is 1. The molecule has 0 saturated carbocycles. The number of nitrogens with zero attached hydrogens (tertiary/aromatic N) is 1. The normalized spacial score (nSPS) is 10.5. The quantitative estimate of drug-likeness (QED) is 0.327. The van der Waals surface area contributed by atoms with Crippen LogP contribution in [-0.4, -0.2) is 22.7 Å². The number of thiocarbonyl (C=S) groups is 1. The average molecular weight is 431 g/mol. The Kier molecular flexibility index (Phi) is 5.86. The molecule has 3 aromatic carbocycles.